The molecule has 2 heterocycles. The second-order valence-electron chi connectivity index (χ2n) is 4.83. The van der Waals surface area contributed by atoms with Gasteiger partial charge in [0.1, 0.15) is 4.60 Å². The van der Waals surface area contributed by atoms with Crippen molar-refractivity contribution in [1.29, 1.82) is 0 Å². The number of piperidine rings is 1. The van der Waals surface area contributed by atoms with Gasteiger partial charge in [-0.3, -0.25) is 0 Å². The lowest BCUT2D eigenvalue weighted by Gasteiger charge is -2.23. The molecule has 1 aromatic heterocycles. The minimum atomic E-state index is 0. The van der Waals surface area contributed by atoms with Crippen LogP contribution < -0.4 is 5.32 Å². The molecule has 1 atom stereocenters. The molecular weight excluding hydrogens is 328 g/mol. The Morgan fingerprint density at radius 2 is 2.32 bits per heavy atom. The van der Waals surface area contributed by atoms with Crippen molar-refractivity contribution in [2.45, 2.75) is 44.8 Å². The lowest BCUT2D eigenvalue weighted by molar-refractivity contribution is 0.114. The van der Waals surface area contributed by atoms with Crippen molar-refractivity contribution in [3.05, 3.63) is 28.5 Å². The summed E-state index contributed by atoms with van der Waals surface area (Å²) in [7, 11) is 0. The van der Waals surface area contributed by atoms with Crippen LogP contribution in [-0.2, 0) is 11.3 Å². The highest BCUT2D eigenvalue weighted by molar-refractivity contribution is 9.10. The SMILES string of the molecule is Brc1cc(COCCCC2CCCCN2)ccn1.Cl. The van der Waals surface area contributed by atoms with Crippen molar-refractivity contribution >= 4 is 28.3 Å². The Bertz CT molecular complexity index is 359. The molecule has 1 unspecified atom stereocenters. The van der Waals surface area contributed by atoms with Crippen LogP contribution in [0.15, 0.2) is 22.9 Å². The summed E-state index contributed by atoms with van der Waals surface area (Å²) in [5, 5.41) is 3.57. The Labute approximate surface area is 130 Å². The first-order valence-electron chi connectivity index (χ1n) is 6.76. The van der Waals surface area contributed by atoms with E-state index in [2.05, 4.69) is 26.2 Å². The highest BCUT2D eigenvalue weighted by atomic mass is 79.9. The maximum Gasteiger partial charge on any atom is 0.106 e. The van der Waals surface area contributed by atoms with Crippen LogP contribution in [0.4, 0.5) is 0 Å². The maximum absolute atomic E-state index is 5.69. The second kappa shape index (κ2) is 9.70. The Hall–Kier alpha value is -0.160. The third-order valence-electron chi connectivity index (χ3n) is 3.31. The Morgan fingerprint density at radius 1 is 1.42 bits per heavy atom. The van der Waals surface area contributed by atoms with Gasteiger partial charge in [-0.2, -0.15) is 0 Å². The summed E-state index contributed by atoms with van der Waals surface area (Å²) in [5.74, 6) is 0. The molecule has 1 saturated heterocycles. The third kappa shape index (κ3) is 6.70. The van der Waals surface area contributed by atoms with Crippen LogP contribution in [0.3, 0.4) is 0 Å². The van der Waals surface area contributed by atoms with Crippen molar-refractivity contribution in [2.24, 2.45) is 0 Å². The number of aromatic nitrogens is 1. The molecule has 3 nitrogen and oxygen atoms in total. The molecule has 1 aromatic rings. The monoisotopic (exact) mass is 348 g/mol. The molecule has 0 saturated carbocycles. The average molecular weight is 350 g/mol. The van der Waals surface area contributed by atoms with Gasteiger partial charge >= 0.3 is 0 Å². The van der Waals surface area contributed by atoms with E-state index in [-0.39, 0.29) is 12.4 Å². The highest BCUT2D eigenvalue weighted by Crippen LogP contribution is 2.12. The van der Waals surface area contributed by atoms with Crippen LogP contribution in [0.25, 0.3) is 0 Å². The lowest BCUT2D eigenvalue weighted by Crippen LogP contribution is -2.33. The fourth-order valence-electron chi connectivity index (χ4n) is 2.32. The predicted octanol–water partition coefficient (Wildman–Crippen LogP) is 3.70. The Morgan fingerprint density at radius 3 is 3.05 bits per heavy atom. The fourth-order valence-corrected chi connectivity index (χ4v) is 2.74. The van der Waals surface area contributed by atoms with Crippen LogP contribution in [0.2, 0.25) is 0 Å². The normalized spacial score (nSPS) is 18.9. The number of pyridine rings is 1. The van der Waals surface area contributed by atoms with E-state index in [4.69, 9.17) is 4.74 Å². The predicted molar refractivity (Wildman–Crippen MR) is 83.7 cm³/mol. The summed E-state index contributed by atoms with van der Waals surface area (Å²) < 4.78 is 6.56. The van der Waals surface area contributed by atoms with E-state index in [1.54, 1.807) is 6.20 Å². The zero-order chi connectivity index (χ0) is 12.6. The molecule has 5 heteroatoms. The zero-order valence-corrected chi connectivity index (χ0v) is 13.5. The fraction of sp³-hybridized carbons (Fsp3) is 0.643. The van der Waals surface area contributed by atoms with Crippen molar-refractivity contribution in [2.75, 3.05) is 13.2 Å². The summed E-state index contributed by atoms with van der Waals surface area (Å²) >= 11 is 3.36. The minimum absolute atomic E-state index is 0. The standard InChI is InChI=1S/C14H21BrN2O.ClH/c15-14-10-12(6-8-17-14)11-18-9-3-5-13-4-1-2-7-16-13;/h6,8,10,13,16H,1-5,7,9,11H2;1H. The van der Waals surface area contributed by atoms with Gasteiger partial charge in [-0.25, -0.2) is 4.98 Å². The summed E-state index contributed by atoms with van der Waals surface area (Å²) in [5.41, 5.74) is 1.17. The molecule has 0 spiro atoms. The van der Waals surface area contributed by atoms with Gasteiger partial charge in [-0.05, 0) is 65.9 Å². The van der Waals surface area contributed by atoms with Gasteiger partial charge in [0.2, 0.25) is 0 Å². The molecule has 0 bridgehead atoms. The van der Waals surface area contributed by atoms with Crippen LogP contribution in [0, 0.1) is 0 Å². The number of hydrogen-bond donors (Lipinski definition) is 1. The van der Waals surface area contributed by atoms with Crippen LogP contribution in [-0.4, -0.2) is 24.2 Å². The van der Waals surface area contributed by atoms with Crippen molar-refractivity contribution in [3.63, 3.8) is 0 Å². The smallest absolute Gasteiger partial charge is 0.106 e. The number of halogens is 2. The molecule has 0 aromatic carbocycles. The van der Waals surface area contributed by atoms with Gasteiger partial charge in [0, 0.05) is 18.8 Å². The number of hydrogen-bond acceptors (Lipinski definition) is 3. The number of ether oxygens (including phenoxy) is 1. The molecule has 19 heavy (non-hydrogen) atoms. The quantitative estimate of drug-likeness (QED) is 0.628. The first kappa shape index (κ1) is 16.9. The maximum atomic E-state index is 5.69. The van der Waals surface area contributed by atoms with Crippen molar-refractivity contribution < 1.29 is 4.74 Å². The Kier molecular flexibility index (Phi) is 8.62. The van der Waals surface area contributed by atoms with Crippen molar-refractivity contribution in [3.8, 4) is 0 Å². The van der Waals surface area contributed by atoms with Gasteiger partial charge in [-0.1, -0.05) is 6.42 Å². The van der Waals surface area contributed by atoms with E-state index in [1.165, 1.54) is 37.8 Å². The van der Waals surface area contributed by atoms with Gasteiger partial charge in [-0.15, -0.1) is 12.4 Å². The molecule has 108 valence electrons. The van der Waals surface area contributed by atoms with E-state index in [9.17, 15) is 0 Å². The first-order chi connectivity index (χ1) is 8.84. The van der Waals surface area contributed by atoms with E-state index in [0.717, 1.165) is 23.7 Å². The minimum Gasteiger partial charge on any atom is -0.377 e. The molecule has 0 radical (unpaired) electrons. The number of nitrogens with one attached hydrogen (secondary N) is 1. The van der Waals surface area contributed by atoms with Crippen molar-refractivity contribution in [1.82, 2.24) is 10.3 Å². The van der Waals surface area contributed by atoms with Crippen LogP contribution in [0.5, 0.6) is 0 Å². The van der Waals surface area contributed by atoms with E-state index >= 15 is 0 Å². The van der Waals surface area contributed by atoms with Gasteiger partial charge in [0.25, 0.3) is 0 Å². The van der Waals surface area contributed by atoms with Gasteiger partial charge < -0.3 is 10.1 Å². The lowest BCUT2D eigenvalue weighted by atomic mass is 10.0. The molecule has 1 aliphatic rings. The molecule has 1 aliphatic heterocycles. The average Bonchev–Trinajstić information content (AvgIpc) is 2.40. The summed E-state index contributed by atoms with van der Waals surface area (Å²) in [6.07, 6.45) is 8.23. The molecule has 0 aliphatic carbocycles. The first-order valence-corrected chi connectivity index (χ1v) is 7.55. The number of rotatable bonds is 6. The molecular formula is C14H22BrClN2O. The molecule has 1 fully saturated rings. The molecule has 2 rings (SSSR count). The summed E-state index contributed by atoms with van der Waals surface area (Å²) in [6.45, 7) is 2.72. The highest BCUT2D eigenvalue weighted by Gasteiger charge is 2.11. The van der Waals surface area contributed by atoms with Crippen LogP contribution >= 0.6 is 28.3 Å². The second-order valence-corrected chi connectivity index (χ2v) is 5.64. The molecule has 1 N–H and O–H groups in total. The van der Waals surface area contributed by atoms with E-state index in [0.29, 0.717) is 6.61 Å². The number of nitrogens with zero attached hydrogens (tertiary/aromatic N) is 1. The largest absolute Gasteiger partial charge is 0.377 e. The van der Waals surface area contributed by atoms with Gasteiger partial charge in [0.05, 0.1) is 6.61 Å². The third-order valence-corrected chi connectivity index (χ3v) is 3.75. The zero-order valence-electron chi connectivity index (χ0n) is 11.1. The summed E-state index contributed by atoms with van der Waals surface area (Å²) in [4.78, 5) is 4.10. The Balaban J connectivity index is 0.00000180. The van der Waals surface area contributed by atoms with Crippen LogP contribution in [0.1, 0.15) is 37.7 Å². The molecule has 0 amide bonds. The van der Waals surface area contributed by atoms with Gasteiger partial charge in [0.15, 0.2) is 0 Å². The summed E-state index contributed by atoms with van der Waals surface area (Å²) in [6, 6.07) is 4.72. The van der Waals surface area contributed by atoms with E-state index < -0.39 is 0 Å². The topological polar surface area (TPSA) is 34.1 Å². The van der Waals surface area contributed by atoms with E-state index in [1.807, 2.05) is 12.1 Å².